The summed E-state index contributed by atoms with van der Waals surface area (Å²) in [7, 11) is 0. The molecule has 1 heterocycles. The summed E-state index contributed by atoms with van der Waals surface area (Å²) in [6.45, 7) is 16.5. The lowest BCUT2D eigenvalue weighted by atomic mass is 9.31. The number of carbonyl (C=O) groups is 3. The Kier molecular flexibility index (Phi) is 6.74. The first-order chi connectivity index (χ1) is 19.3. The van der Waals surface area contributed by atoms with Crippen molar-refractivity contribution >= 4 is 18.0 Å². The molecule has 0 aromatic rings. The highest BCUT2D eigenvalue weighted by Gasteiger charge is 2.72. The Bertz CT molecular complexity index is 1210. The van der Waals surface area contributed by atoms with Crippen LogP contribution in [0.5, 0.6) is 0 Å². The van der Waals surface area contributed by atoms with Gasteiger partial charge in [-0.15, -0.1) is 0 Å². The first-order valence-electron chi connectivity index (χ1n) is 16.3. The molecule has 41 heavy (non-hydrogen) atoms. The van der Waals surface area contributed by atoms with Gasteiger partial charge in [-0.05, 0) is 96.7 Å². The standard InChI is InChI=1S/C35H50N2O4/c1-22-25-7-8-34(6)29(32(25,4)18-24(20-36)28(22)39)23(21-38)17-26-27-19-31(2,3)9-11-35(27,12-10-33(26,34)5)30(40)37-13-15-41-16-14-37/h18,21-23,25-27,29H,7-17,19H2,1-6H3. The van der Waals surface area contributed by atoms with Gasteiger partial charge in [0.2, 0.25) is 5.91 Å². The molecule has 10 unspecified atom stereocenters. The Morgan fingerprint density at radius 2 is 1.68 bits per heavy atom. The molecule has 6 nitrogen and oxygen atoms in total. The Labute approximate surface area is 246 Å². The molecular formula is C35H50N2O4. The zero-order valence-corrected chi connectivity index (χ0v) is 26.1. The average Bonchev–Trinajstić information content (AvgIpc) is 2.95. The van der Waals surface area contributed by atoms with Gasteiger partial charge in [0, 0.05) is 24.9 Å². The SMILES string of the molecule is CC1C(=O)C(C#N)=CC2(C)C1CCC1(C)C2C(C=O)CC2C3CC(C)(C)CCC3(C(=O)N3CCOCC3)CCC21C. The molecule has 0 radical (unpaired) electrons. The second-order valence-corrected chi connectivity index (χ2v) is 16.3. The second-order valence-electron chi connectivity index (χ2n) is 16.3. The third kappa shape index (κ3) is 3.86. The molecule has 224 valence electrons. The van der Waals surface area contributed by atoms with Crippen molar-refractivity contribution < 1.29 is 19.1 Å². The molecule has 6 aliphatic rings. The number of hydrogen-bond donors (Lipinski definition) is 0. The molecule has 6 rings (SSSR count). The van der Waals surface area contributed by atoms with E-state index in [-0.39, 0.29) is 68.0 Å². The molecule has 4 saturated carbocycles. The fourth-order valence-electron chi connectivity index (χ4n) is 12.0. The average molecular weight is 563 g/mol. The van der Waals surface area contributed by atoms with Crippen LogP contribution in [0.1, 0.15) is 92.9 Å². The summed E-state index contributed by atoms with van der Waals surface area (Å²) in [5, 5.41) is 9.92. The number of allylic oxidation sites excluding steroid dienone is 2. The van der Waals surface area contributed by atoms with Crippen molar-refractivity contribution in [2.24, 2.45) is 62.6 Å². The first-order valence-corrected chi connectivity index (χ1v) is 16.3. The van der Waals surface area contributed by atoms with E-state index < -0.39 is 0 Å². The van der Waals surface area contributed by atoms with Gasteiger partial charge in [-0.3, -0.25) is 9.59 Å². The lowest BCUT2D eigenvalue weighted by molar-refractivity contribution is -0.240. The molecule has 0 N–H and O–H groups in total. The Hall–Kier alpha value is -2.00. The van der Waals surface area contributed by atoms with Crippen LogP contribution in [0.25, 0.3) is 0 Å². The highest BCUT2D eigenvalue weighted by molar-refractivity contribution is 6.01. The van der Waals surface area contributed by atoms with Crippen LogP contribution in [0.3, 0.4) is 0 Å². The van der Waals surface area contributed by atoms with E-state index in [4.69, 9.17) is 4.74 Å². The van der Waals surface area contributed by atoms with Gasteiger partial charge < -0.3 is 14.4 Å². The Morgan fingerprint density at radius 3 is 2.34 bits per heavy atom. The summed E-state index contributed by atoms with van der Waals surface area (Å²) >= 11 is 0. The topological polar surface area (TPSA) is 87.5 Å². The van der Waals surface area contributed by atoms with E-state index in [9.17, 15) is 19.6 Å². The normalized spacial score (nSPS) is 48.9. The van der Waals surface area contributed by atoms with Crippen molar-refractivity contribution in [1.82, 2.24) is 4.90 Å². The lowest BCUT2D eigenvalue weighted by Gasteiger charge is -2.73. The molecule has 0 aromatic carbocycles. The smallest absolute Gasteiger partial charge is 0.229 e. The third-order valence-corrected chi connectivity index (χ3v) is 14.3. The number of fused-ring (bicyclic) bond motifs is 7. The molecule has 10 atom stereocenters. The van der Waals surface area contributed by atoms with Gasteiger partial charge in [-0.2, -0.15) is 5.26 Å². The molecule has 1 saturated heterocycles. The van der Waals surface area contributed by atoms with E-state index in [1.165, 1.54) is 6.29 Å². The van der Waals surface area contributed by atoms with Crippen LogP contribution >= 0.6 is 0 Å². The number of nitriles is 1. The molecule has 0 bridgehead atoms. The van der Waals surface area contributed by atoms with Crippen molar-refractivity contribution in [1.29, 1.82) is 5.26 Å². The van der Waals surface area contributed by atoms with Crippen molar-refractivity contribution in [3.63, 3.8) is 0 Å². The molecule has 0 aromatic heterocycles. The predicted octanol–water partition coefficient (Wildman–Crippen LogP) is 6.00. The van der Waals surface area contributed by atoms with E-state index in [0.29, 0.717) is 38.1 Å². The van der Waals surface area contributed by atoms with Crippen LogP contribution in [-0.4, -0.2) is 49.2 Å². The number of ketones is 1. The maximum atomic E-state index is 14.5. The first kappa shape index (κ1) is 29.1. The van der Waals surface area contributed by atoms with Gasteiger partial charge in [0.05, 0.1) is 24.2 Å². The summed E-state index contributed by atoms with van der Waals surface area (Å²) in [6.07, 6.45) is 10.9. The monoisotopic (exact) mass is 562 g/mol. The summed E-state index contributed by atoms with van der Waals surface area (Å²) in [5.41, 5.74) is -0.434. The second kappa shape index (κ2) is 9.50. The van der Waals surface area contributed by atoms with Gasteiger partial charge in [0.25, 0.3) is 0 Å². The number of ether oxygens (including phenoxy) is 1. The van der Waals surface area contributed by atoms with E-state index in [1.54, 1.807) is 0 Å². The highest BCUT2D eigenvalue weighted by atomic mass is 16.5. The fourth-order valence-corrected chi connectivity index (χ4v) is 12.0. The summed E-state index contributed by atoms with van der Waals surface area (Å²) < 4.78 is 5.61. The number of Topliss-reactive ketones (excluding diaryl/α,β-unsaturated/α-hetero) is 1. The Balaban J connectivity index is 1.45. The van der Waals surface area contributed by atoms with Crippen LogP contribution in [0, 0.1) is 73.9 Å². The van der Waals surface area contributed by atoms with Gasteiger partial charge in [-0.1, -0.05) is 47.6 Å². The molecule has 6 heteroatoms. The van der Waals surface area contributed by atoms with Crippen LogP contribution < -0.4 is 0 Å². The largest absolute Gasteiger partial charge is 0.378 e. The molecule has 5 fully saturated rings. The quantitative estimate of drug-likeness (QED) is 0.385. The van der Waals surface area contributed by atoms with Gasteiger partial charge in [0.1, 0.15) is 12.4 Å². The van der Waals surface area contributed by atoms with Crippen molar-refractivity contribution in [3.8, 4) is 6.07 Å². The van der Waals surface area contributed by atoms with Gasteiger partial charge in [-0.25, -0.2) is 0 Å². The number of hydrogen-bond acceptors (Lipinski definition) is 5. The van der Waals surface area contributed by atoms with Crippen molar-refractivity contribution in [2.45, 2.75) is 92.9 Å². The lowest BCUT2D eigenvalue weighted by Crippen LogP contribution is -2.69. The number of aldehydes is 1. The Morgan fingerprint density at radius 1 is 1.00 bits per heavy atom. The van der Waals surface area contributed by atoms with Crippen LogP contribution in [0.2, 0.25) is 0 Å². The summed E-state index contributed by atoms with van der Waals surface area (Å²) in [4.78, 5) is 42.8. The minimum absolute atomic E-state index is 0.0244. The van der Waals surface area contributed by atoms with Crippen molar-refractivity contribution in [2.75, 3.05) is 26.3 Å². The number of amides is 1. The van der Waals surface area contributed by atoms with Gasteiger partial charge >= 0.3 is 0 Å². The highest BCUT2D eigenvalue weighted by Crippen LogP contribution is 2.76. The maximum absolute atomic E-state index is 14.5. The van der Waals surface area contributed by atoms with Gasteiger partial charge in [0.15, 0.2) is 5.78 Å². The van der Waals surface area contributed by atoms with Crippen LogP contribution in [0.15, 0.2) is 11.6 Å². The van der Waals surface area contributed by atoms with E-state index in [2.05, 4.69) is 45.6 Å². The predicted molar refractivity (Wildman–Crippen MR) is 156 cm³/mol. The molecule has 5 aliphatic carbocycles. The zero-order valence-electron chi connectivity index (χ0n) is 26.1. The number of carbonyl (C=O) groups excluding carboxylic acids is 3. The van der Waals surface area contributed by atoms with E-state index in [1.807, 2.05) is 13.0 Å². The molecule has 1 amide bonds. The minimum Gasteiger partial charge on any atom is -0.378 e. The fraction of sp³-hybridized carbons (Fsp3) is 0.829. The molecule has 1 aliphatic heterocycles. The van der Waals surface area contributed by atoms with Crippen molar-refractivity contribution in [3.05, 3.63) is 11.6 Å². The minimum atomic E-state index is -0.380. The maximum Gasteiger partial charge on any atom is 0.229 e. The third-order valence-electron chi connectivity index (χ3n) is 14.3. The summed E-state index contributed by atoms with van der Waals surface area (Å²) in [5.74, 6) is 0.720. The summed E-state index contributed by atoms with van der Waals surface area (Å²) in [6, 6.07) is 2.22. The number of rotatable bonds is 2. The van der Waals surface area contributed by atoms with E-state index in [0.717, 1.165) is 51.4 Å². The number of nitrogens with zero attached hydrogens (tertiary/aromatic N) is 2. The zero-order chi connectivity index (χ0) is 29.6. The van der Waals surface area contributed by atoms with Crippen LogP contribution in [0.4, 0.5) is 0 Å². The number of morpholine rings is 1. The van der Waals surface area contributed by atoms with E-state index >= 15 is 0 Å². The van der Waals surface area contributed by atoms with Crippen LogP contribution in [-0.2, 0) is 19.1 Å². The molecular weight excluding hydrogens is 512 g/mol. The molecule has 0 spiro atoms.